The highest BCUT2D eigenvalue weighted by molar-refractivity contribution is 6.25. The van der Waals surface area contributed by atoms with Crippen molar-refractivity contribution in [1.82, 2.24) is 0 Å². The van der Waals surface area contributed by atoms with E-state index in [2.05, 4.69) is 54.5 Å². The molecule has 3 nitrogen and oxygen atoms in total. The zero-order valence-electron chi connectivity index (χ0n) is 26.8. The Hall–Kier alpha value is -2.29. The molecule has 0 bridgehead atoms. The van der Waals surface area contributed by atoms with Crippen LogP contribution < -0.4 is 0 Å². The van der Waals surface area contributed by atoms with Crippen molar-refractivity contribution in [1.29, 1.82) is 0 Å². The van der Waals surface area contributed by atoms with Crippen LogP contribution in [0, 0.1) is 28.6 Å². The van der Waals surface area contributed by atoms with Gasteiger partial charge in [0.25, 0.3) is 0 Å². The molecule has 0 aromatic heterocycles. The smallest absolute Gasteiger partial charge is 0.190 e. The summed E-state index contributed by atoms with van der Waals surface area (Å²) >= 11 is 0. The number of hydrogen-bond acceptors (Lipinski definition) is 3. The minimum atomic E-state index is -0.888. The van der Waals surface area contributed by atoms with E-state index in [1.165, 1.54) is 16.7 Å². The molecule has 0 saturated heterocycles. The quantitative estimate of drug-likeness (QED) is 0.368. The number of benzene rings is 1. The highest BCUT2D eigenvalue weighted by Crippen LogP contribution is 2.66. The van der Waals surface area contributed by atoms with Gasteiger partial charge in [0.15, 0.2) is 17.3 Å². The van der Waals surface area contributed by atoms with Crippen molar-refractivity contribution in [2.45, 2.75) is 128 Å². The fraction of sp³-hybridized carbons (Fsp3) is 0.639. The lowest BCUT2D eigenvalue weighted by molar-refractivity contribution is -0.135. The van der Waals surface area contributed by atoms with Crippen molar-refractivity contribution in [2.24, 2.45) is 21.7 Å². The molecule has 0 N–H and O–H groups in total. The van der Waals surface area contributed by atoms with E-state index in [0.717, 1.165) is 47.1 Å². The molecule has 1 aromatic rings. The van der Waals surface area contributed by atoms with E-state index >= 15 is 0 Å². The molecule has 212 valence electrons. The third-order valence-electron chi connectivity index (χ3n) is 10.4. The van der Waals surface area contributed by atoms with Crippen LogP contribution in [0.3, 0.4) is 0 Å². The van der Waals surface area contributed by atoms with Gasteiger partial charge in [-0.3, -0.25) is 14.4 Å². The van der Waals surface area contributed by atoms with Crippen molar-refractivity contribution >= 4 is 17.3 Å². The average molecular weight is 531 g/mol. The minimum Gasteiger partial charge on any atom is -0.294 e. The molecule has 4 rings (SSSR count). The van der Waals surface area contributed by atoms with Crippen LogP contribution in [-0.4, -0.2) is 17.3 Å². The summed E-state index contributed by atoms with van der Waals surface area (Å²) in [6.07, 6.45) is 3.49. The molecule has 0 amide bonds. The van der Waals surface area contributed by atoms with Crippen LogP contribution in [0.15, 0.2) is 28.4 Å². The Bertz CT molecular complexity index is 1370. The van der Waals surface area contributed by atoms with Crippen molar-refractivity contribution in [3.63, 3.8) is 0 Å². The highest BCUT2D eigenvalue weighted by Gasteiger charge is 2.63. The number of Topliss-reactive ketones (excluding diaryl/α,β-unsaturated/α-hetero) is 3. The van der Waals surface area contributed by atoms with E-state index in [1.54, 1.807) is 0 Å². The van der Waals surface area contributed by atoms with Gasteiger partial charge in [-0.05, 0) is 91.9 Å². The average Bonchev–Trinajstić information content (AvgIpc) is 2.74. The summed E-state index contributed by atoms with van der Waals surface area (Å²) in [5.74, 6) is -0.0412. The summed E-state index contributed by atoms with van der Waals surface area (Å²) in [6.45, 7) is 27.5. The van der Waals surface area contributed by atoms with E-state index in [-0.39, 0.29) is 39.0 Å². The topological polar surface area (TPSA) is 51.2 Å². The fourth-order valence-electron chi connectivity index (χ4n) is 8.62. The number of carbonyl (C=O) groups excluding carboxylic acids is 3. The Labute approximate surface area is 236 Å². The molecule has 3 atom stereocenters. The van der Waals surface area contributed by atoms with Crippen molar-refractivity contribution < 1.29 is 14.4 Å². The van der Waals surface area contributed by atoms with Crippen molar-refractivity contribution in [3.8, 4) is 0 Å². The number of rotatable bonds is 3. The third-order valence-corrected chi connectivity index (χ3v) is 10.4. The summed E-state index contributed by atoms with van der Waals surface area (Å²) < 4.78 is 0. The molecule has 3 aliphatic carbocycles. The van der Waals surface area contributed by atoms with Crippen LogP contribution in [0.2, 0.25) is 0 Å². The summed E-state index contributed by atoms with van der Waals surface area (Å²) in [5.41, 5.74) is 6.75. The first-order valence-corrected chi connectivity index (χ1v) is 14.8. The number of aryl methyl sites for hydroxylation is 1. The van der Waals surface area contributed by atoms with E-state index < -0.39 is 5.41 Å². The molecular formula is C36H50O3. The van der Waals surface area contributed by atoms with Gasteiger partial charge in [-0.25, -0.2) is 0 Å². The van der Waals surface area contributed by atoms with Gasteiger partial charge in [0.1, 0.15) is 0 Å². The molecule has 1 aromatic carbocycles. The highest BCUT2D eigenvalue weighted by atomic mass is 16.2. The Morgan fingerprint density at radius 3 is 2.05 bits per heavy atom. The second-order valence-electron chi connectivity index (χ2n) is 15.9. The van der Waals surface area contributed by atoms with Gasteiger partial charge in [-0.2, -0.15) is 0 Å². The van der Waals surface area contributed by atoms with E-state index in [0.29, 0.717) is 18.4 Å². The monoisotopic (exact) mass is 530 g/mol. The minimum absolute atomic E-state index is 0.0574. The number of hydrogen-bond donors (Lipinski definition) is 0. The Balaban J connectivity index is 1.98. The zero-order chi connectivity index (χ0) is 29.7. The summed E-state index contributed by atoms with van der Waals surface area (Å²) in [4.78, 5) is 42.7. The third kappa shape index (κ3) is 4.25. The van der Waals surface area contributed by atoms with Gasteiger partial charge in [-0.1, -0.05) is 79.5 Å². The Morgan fingerprint density at radius 2 is 1.54 bits per heavy atom. The zero-order valence-corrected chi connectivity index (χ0v) is 26.8. The fourth-order valence-corrected chi connectivity index (χ4v) is 8.62. The van der Waals surface area contributed by atoms with Crippen molar-refractivity contribution in [2.75, 3.05) is 0 Å². The molecular weight excluding hydrogens is 480 g/mol. The molecule has 3 heteroatoms. The SMILES string of the molecule is CCc1cc(C(C)(C)C)c(C)c2c1CC1(C)CC3(C)CC(C)=C(C(=O)CC(C)(C)C)C(=O)C3(C)C(C)=C1C2=O. The number of ketones is 3. The van der Waals surface area contributed by atoms with Gasteiger partial charge >= 0.3 is 0 Å². The molecule has 39 heavy (non-hydrogen) atoms. The first kappa shape index (κ1) is 29.7. The van der Waals surface area contributed by atoms with Crippen LogP contribution in [-0.2, 0) is 27.8 Å². The van der Waals surface area contributed by atoms with Crippen LogP contribution in [0.25, 0.3) is 0 Å². The van der Waals surface area contributed by atoms with E-state index in [4.69, 9.17) is 0 Å². The van der Waals surface area contributed by atoms with Gasteiger partial charge < -0.3 is 0 Å². The maximum atomic E-state index is 14.7. The lowest BCUT2D eigenvalue weighted by atomic mass is 9.42. The maximum Gasteiger partial charge on any atom is 0.190 e. The van der Waals surface area contributed by atoms with Gasteiger partial charge in [-0.15, -0.1) is 0 Å². The predicted molar refractivity (Wildman–Crippen MR) is 160 cm³/mol. The molecule has 0 fully saturated rings. The molecule has 0 radical (unpaired) electrons. The Kier molecular flexibility index (Phi) is 6.74. The van der Waals surface area contributed by atoms with Crippen LogP contribution in [0.4, 0.5) is 0 Å². The number of carbonyl (C=O) groups is 3. The predicted octanol–water partition coefficient (Wildman–Crippen LogP) is 8.63. The second kappa shape index (κ2) is 8.85. The lowest BCUT2D eigenvalue weighted by Gasteiger charge is -2.59. The summed E-state index contributed by atoms with van der Waals surface area (Å²) in [6, 6.07) is 2.34. The molecule has 3 unspecified atom stereocenters. The van der Waals surface area contributed by atoms with E-state index in [1.807, 2.05) is 41.5 Å². The maximum absolute atomic E-state index is 14.7. The molecule has 0 aliphatic heterocycles. The number of allylic oxidation sites excluding steroid dienone is 4. The second-order valence-corrected chi connectivity index (χ2v) is 15.9. The summed E-state index contributed by atoms with van der Waals surface area (Å²) in [5, 5.41) is 0. The van der Waals surface area contributed by atoms with Crippen LogP contribution >= 0.6 is 0 Å². The first-order valence-electron chi connectivity index (χ1n) is 14.8. The Morgan fingerprint density at radius 1 is 0.949 bits per heavy atom. The normalized spacial score (nSPS) is 29.4. The molecule has 0 saturated carbocycles. The molecule has 0 heterocycles. The van der Waals surface area contributed by atoms with E-state index in [9.17, 15) is 14.4 Å². The molecule has 0 spiro atoms. The van der Waals surface area contributed by atoms with Gasteiger partial charge in [0.2, 0.25) is 0 Å². The van der Waals surface area contributed by atoms with Gasteiger partial charge in [0, 0.05) is 23.0 Å². The first-order chi connectivity index (χ1) is 17.6. The summed E-state index contributed by atoms with van der Waals surface area (Å²) in [7, 11) is 0. The number of fused-ring (bicyclic) bond motifs is 3. The standard InChI is InChI=1S/C36H50O3/c1-14-23-15-25(33(8,9)10)21(3)28-24(23)17-34(11)19-35(12)16-20(2)27(26(37)18-32(5,6)7)31(39)36(35,13)22(4)29(34)30(28)38/h15H,14,16-19H2,1-13H3. The van der Waals surface area contributed by atoms with Gasteiger partial charge in [0.05, 0.1) is 11.0 Å². The lowest BCUT2D eigenvalue weighted by Crippen LogP contribution is -2.57. The van der Waals surface area contributed by atoms with Crippen LogP contribution in [0.1, 0.15) is 135 Å². The molecule has 3 aliphatic rings. The van der Waals surface area contributed by atoms with Crippen LogP contribution in [0.5, 0.6) is 0 Å². The largest absolute Gasteiger partial charge is 0.294 e. The van der Waals surface area contributed by atoms with Crippen molar-refractivity contribution in [3.05, 3.63) is 56.2 Å².